The van der Waals surface area contributed by atoms with E-state index in [9.17, 15) is 4.79 Å². The Kier molecular flexibility index (Phi) is 3.96. The van der Waals surface area contributed by atoms with E-state index in [0.717, 1.165) is 23.7 Å². The molecule has 1 aromatic carbocycles. The van der Waals surface area contributed by atoms with Crippen LogP contribution in [0.2, 0.25) is 0 Å². The van der Waals surface area contributed by atoms with Crippen LogP contribution in [-0.4, -0.2) is 45.9 Å². The summed E-state index contributed by atoms with van der Waals surface area (Å²) in [5.41, 5.74) is 0.805. The highest BCUT2D eigenvalue weighted by Gasteiger charge is 2.22. The predicted octanol–water partition coefficient (Wildman–Crippen LogP) is 1.87. The number of carbonyl (C=O) groups is 1. The van der Waals surface area contributed by atoms with E-state index in [2.05, 4.69) is 15.5 Å². The third-order valence-electron chi connectivity index (χ3n) is 3.89. The number of nitrogens with zero attached hydrogens (tertiary/aromatic N) is 3. The first-order chi connectivity index (χ1) is 10.3. The van der Waals surface area contributed by atoms with Crippen molar-refractivity contribution >= 4 is 22.8 Å². The minimum Gasteiger partial charge on any atom is -0.396 e. The number of carbonyl (C=O) groups excluding carboxylic acids is 1. The van der Waals surface area contributed by atoms with Gasteiger partial charge in [0.15, 0.2) is 5.82 Å². The zero-order chi connectivity index (χ0) is 14.7. The van der Waals surface area contributed by atoms with Gasteiger partial charge in [0.2, 0.25) is 0 Å². The lowest BCUT2D eigenvalue weighted by Gasteiger charge is -2.30. The number of anilines is 1. The number of aliphatic hydroxyl groups excluding tert-OH is 1. The maximum absolute atomic E-state index is 12.2. The first kappa shape index (κ1) is 13.8. The third kappa shape index (κ3) is 3.11. The summed E-state index contributed by atoms with van der Waals surface area (Å²) < 4.78 is 0. The van der Waals surface area contributed by atoms with E-state index in [0.29, 0.717) is 24.8 Å². The number of nitrogens with one attached hydrogen (secondary N) is 1. The lowest BCUT2D eigenvalue weighted by Crippen LogP contribution is -2.41. The fourth-order valence-corrected chi connectivity index (χ4v) is 2.55. The molecule has 0 bridgehead atoms. The number of piperidine rings is 1. The second kappa shape index (κ2) is 6.05. The number of benzene rings is 1. The van der Waals surface area contributed by atoms with Crippen LogP contribution in [0.3, 0.4) is 0 Å². The zero-order valence-electron chi connectivity index (χ0n) is 11.7. The zero-order valence-corrected chi connectivity index (χ0v) is 11.7. The van der Waals surface area contributed by atoms with Crippen LogP contribution in [0.4, 0.5) is 10.6 Å². The first-order valence-electron chi connectivity index (χ1n) is 7.15. The minimum absolute atomic E-state index is 0.157. The second-order valence-electron chi connectivity index (χ2n) is 5.33. The molecule has 0 spiro atoms. The van der Waals surface area contributed by atoms with Gasteiger partial charge in [-0.25, -0.2) is 4.79 Å². The molecule has 2 heterocycles. The van der Waals surface area contributed by atoms with Crippen molar-refractivity contribution in [2.45, 2.75) is 12.8 Å². The Morgan fingerprint density at radius 3 is 2.81 bits per heavy atom. The molecule has 1 aromatic heterocycles. The molecule has 0 radical (unpaired) electrons. The van der Waals surface area contributed by atoms with Crippen molar-refractivity contribution in [2.24, 2.45) is 5.92 Å². The van der Waals surface area contributed by atoms with Gasteiger partial charge in [0.1, 0.15) is 0 Å². The number of hydrogen-bond donors (Lipinski definition) is 2. The summed E-state index contributed by atoms with van der Waals surface area (Å²) in [5.74, 6) is 0.775. The number of likely N-dealkylation sites (tertiary alicyclic amines) is 1. The molecule has 1 saturated heterocycles. The highest BCUT2D eigenvalue weighted by molar-refractivity contribution is 5.90. The highest BCUT2D eigenvalue weighted by Crippen LogP contribution is 2.18. The predicted molar refractivity (Wildman–Crippen MR) is 79.9 cm³/mol. The Balaban J connectivity index is 1.66. The Bertz CT molecular complexity index is 638. The van der Waals surface area contributed by atoms with Crippen LogP contribution in [0.5, 0.6) is 0 Å². The van der Waals surface area contributed by atoms with Gasteiger partial charge in [-0.3, -0.25) is 5.32 Å². The molecule has 1 aliphatic rings. The van der Waals surface area contributed by atoms with E-state index in [1.165, 1.54) is 0 Å². The number of hydrogen-bond acceptors (Lipinski definition) is 4. The molecule has 2 amide bonds. The number of aliphatic hydroxyl groups is 1. The molecule has 0 unspecified atom stereocenters. The van der Waals surface area contributed by atoms with E-state index < -0.39 is 0 Å². The number of aromatic nitrogens is 2. The molecule has 0 atom stereocenters. The van der Waals surface area contributed by atoms with E-state index in [4.69, 9.17) is 5.11 Å². The normalized spacial score (nSPS) is 16.1. The quantitative estimate of drug-likeness (QED) is 0.883. The van der Waals surface area contributed by atoms with Gasteiger partial charge < -0.3 is 10.0 Å². The van der Waals surface area contributed by atoms with Crippen LogP contribution in [0.15, 0.2) is 30.3 Å². The molecular formula is C15H18N4O2. The van der Waals surface area contributed by atoms with Crippen molar-refractivity contribution in [3.05, 3.63) is 30.3 Å². The molecule has 0 saturated carbocycles. The molecule has 1 aliphatic heterocycles. The smallest absolute Gasteiger partial charge is 0.323 e. The van der Waals surface area contributed by atoms with E-state index in [1.54, 1.807) is 4.90 Å². The van der Waals surface area contributed by atoms with Gasteiger partial charge in [-0.05, 0) is 30.9 Å². The number of fused-ring (bicyclic) bond motifs is 1. The minimum atomic E-state index is -0.157. The van der Waals surface area contributed by atoms with Gasteiger partial charge in [-0.15, -0.1) is 10.2 Å². The monoisotopic (exact) mass is 286 g/mol. The van der Waals surface area contributed by atoms with Crippen LogP contribution in [0, 0.1) is 5.92 Å². The van der Waals surface area contributed by atoms with Gasteiger partial charge in [0.25, 0.3) is 0 Å². The van der Waals surface area contributed by atoms with Crippen molar-refractivity contribution < 1.29 is 9.90 Å². The summed E-state index contributed by atoms with van der Waals surface area (Å²) in [6, 6.07) is 9.31. The average molecular weight is 286 g/mol. The molecule has 2 N–H and O–H groups in total. The van der Waals surface area contributed by atoms with Crippen molar-refractivity contribution in [1.29, 1.82) is 0 Å². The lowest BCUT2D eigenvalue weighted by atomic mass is 9.98. The number of urea groups is 1. The molecule has 0 aliphatic carbocycles. The summed E-state index contributed by atoms with van der Waals surface area (Å²) in [6.45, 7) is 1.53. The highest BCUT2D eigenvalue weighted by atomic mass is 16.3. The Morgan fingerprint density at radius 1 is 1.29 bits per heavy atom. The summed E-state index contributed by atoms with van der Waals surface area (Å²) >= 11 is 0. The van der Waals surface area contributed by atoms with Crippen LogP contribution in [0.1, 0.15) is 12.8 Å². The van der Waals surface area contributed by atoms with Crippen LogP contribution in [0.25, 0.3) is 10.9 Å². The number of amides is 2. The van der Waals surface area contributed by atoms with E-state index >= 15 is 0 Å². The van der Waals surface area contributed by atoms with Gasteiger partial charge in [0.05, 0.1) is 5.52 Å². The van der Waals surface area contributed by atoms with Gasteiger partial charge >= 0.3 is 6.03 Å². The molecule has 6 nitrogen and oxygen atoms in total. The maximum atomic E-state index is 12.2. The summed E-state index contributed by atoms with van der Waals surface area (Å²) in [6.07, 6.45) is 1.68. The Labute approximate surface area is 122 Å². The maximum Gasteiger partial charge on any atom is 0.323 e. The Hall–Kier alpha value is -2.21. The number of rotatable bonds is 2. The fourth-order valence-electron chi connectivity index (χ4n) is 2.55. The van der Waals surface area contributed by atoms with E-state index in [1.807, 2.05) is 30.3 Å². The molecular weight excluding hydrogens is 268 g/mol. The van der Waals surface area contributed by atoms with Crippen LogP contribution >= 0.6 is 0 Å². The van der Waals surface area contributed by atoms with E-state index in [-0.39, 0.29) is 12.6 Å². The largest absolute Gasteiger partial charge is 0.396 e. The van der Waals surface area contributed by atoms with Gasteiger partial charge in [0, 0.05) is 25.1 Å². The van der Waals surface area contributed by atoms with Crippen molar-refractivity contribution in [2.75, 3.05) is 25.0 Å². The topological polar surface area (TPSA) is 78.4 Å². The van der Waals surface area contributed by atoms with Crippen molar-refractivity contribution in [3.8, 4) is 0 Å². The van der Waals surface area contributed by atoms with Gasteiger partial charge in [-0.1, -0.05) is 18.2 Å². The van der Waals surface area contributed by atoms with Crippen LogP contribution < -0.4 is 5.32 Å². The average Bonchev–Trinajstić information content (AvgIpc) is 2.55. The summed E-state index contributed by atoms with van der Waals surface area (Å²) in [7, 11) is 0. The standard InChI is InChI=1S/C15H18N4O2/c20-10-11-5-7-19(8-6-11)15(21)16-14-9-12-3-1-2-4-13(12)17-18-14/h1-4,9,11,20H,5-8,10H2,(H,16,18,21). The molecule has 6 heteroatoms. The second-order valence-corrected chi connectivity index (χ2v) is 5.33. The lowest BCUT2D eigenvalue weighted by molar-refractivity contribution is 0.143. The van der Waals surface area contributed by atoms with Crippen molar-refractivity contribution in [1.82, 2.24) is 15.1 Å². The van der Waals surface area contributed by atoms with Crippen LogP contribution in [-0.2, 0) is 0 Å². The SMILES string of the molecule is O=C(Nc1cc2ccccc2nn1)N1CCC(CO)CC1. The molecule has 2 aromatic rings. The molecule has 110 valence electrons. The molecule has 21 heavy (non-hydrogen) atoms. The fraction of sp³-hybridized carbons (Fsp3) is 0.400. The summed E-state index contributed by atoms with van der Waals surface area (Å²) in [5, 5.41) is 21.0. The van der Waals surface area contributed by atoms with Gasteiger partial charge in [-0.2, -0.15) is 0 Å². The Morgan fingerprint density at radius 2 is 2.05 bits per heavy atom. The first-order valence-corrected chi connectivity index (χ1v) is 7.15. The molecule has 3 rings (SSSR count). The van der Waals surface area contributed by atoms with Crippen molar-refractivity contribution in [3.63, 3.8) is 0 Å². The molecule has 1 fully saturated rings. The third-order valence-corrected chi connectivity index (χ3v) is 3.89. The summed E-state index contributed by atoms with van der Waals surface area (Å²) in [4.78, 5) is 13.9.